The molecule has 10 nitrogen and oxygen atoms in total. The Kier molecular flexibility index (Phi) is 6.55. The monoisotopic (exact) mass is 452 g/mol. The summed E-state index contributed by atoms with van der Waals surface area (Å²) in [6.07, 6.45) is 2.18. The number of rotatable bonds is 9. The van der Waals surface area contributed by atoms with Gasteiger partial charge in [-0.25, -0.2) is 22.0 Å². The quantitative estimate of drug-likeness (QED) is 0.474. The maximum absolute atomic E-state index is 12.6. The molecule has 4 N–H and O–H groups in total. The lowest BCUT2D eigenvalue weighted by Gasteiger charge is -2.15. The van der Waals surface area contributed by atoms with Gasteiger partial charge >= 0.3 is 0 Å². The van der Waals surface area contributed by atoms with Gasteiger partial charge in [0, 0.05) is 0 Å². The average Bonchev–Trinajstić information content (AvgIpc) is 3.09. The summed E-state index contributed by atoms with van der Waals surface area (Å²) in [5.41, 5.74) is -0.304. The van der Waals surface area contributed by atoms with Crippen LogP contribution in [0.4, 0.5) is 5.69 Å². The van der Waals surface area contributed by atoms with Crippen LogP contribution in [-0.2, 0) is 36.5 Å². The zero-order valence-electron chi connectivity index (χ0n) is 14.8. The Balaban J connectivity index is 2.70. The molecule has 0 amide bonds. The number of hydrogen-bond acceptors (Lipinski definition) is 8. The number of nitrogens with two attached hydrogens (primary N) is 1. The molecule has 1 heterocycles. The van der Waals surface area contributed by atoms with Crippen molar-refractivity contribution in [1.29, 1.82) is 0 Å². The minimum atomic E-state index is -4.89. The summed E-state index contributed by atoms with van der Waals surface area (Å²) in [5.74, 6) is 0.0432. The van der Waals surface area contributed by atoms with Crippen LogP contribution in [0.2, 0.25) is 0 Å². The van der Waals surface area contributed by atoms with E-state index in [1.54, 1.807) is 19.1 Å². The Morgan fingerprint density at radius 3 is 2.25 bits per heavy atom. The molecule has 0 aliphatic heterocycles. The van der Waals surface area contributed by atoms with E-state index in [1.165, 1.54) is 6.26 Å². The molecule has 0 radical (unpaired) electrons. The Hall–Kier alpha value is -1.93. The normalized spacial score (nSPS) is 12.8. The highest BCUT2D eigenvalue weighted by Crippen LogP contribution is 2.32. The number of sulfone groups is 1. The van der Waals surface area contributed by atoms with E-state index in [4.69, 9.17) is 9.56 Å². The number of unbranched alkanes of at least 4 members (excludes halogenated alkanes) is 1. The topological polar surface area (TPSA) is 174 Å². The van der Waals surface area contributed by atoms with Crippen LogP contribution in [0.25, 0.3) is 0 Å². The van der Waals surface area contributed by atoms with E-state index >= 15 is 0 Å². The number of anilines is 1. The molecule has 2 aromatic rings. The van der Waals surface area contributed by atoms with Crippen LogP contribution in [-0.4, -0.2) is 35.6 Å². The van der Waals surface area contributed by atoms with Gasteiger partial charge in [-0.1, -0.05) is 13.3 Å². The molecule has 0 fully saturated rings. The fourth-order valence-corrected chi connectivity index (χ4v) is 6.05. The number of primary sulfonamides is 1. The highest BCUT2D eigenvalue weighted by Gasteiger charge is 2.29. The fraction of sp³-hybridized carbons (Fsp3) is 0.333. The second-order valence-electron chi connectivity index (χ2n) is 5.92. The molecule has 0 saturated carbocycles. The van der Waals surface area contributed by atoms with Crippen LogP contribution in [0.3, 0.4) is 0 Å². The Morgan fingerprint density at radius 1 is 1.07 bits per heavy atom. The van der Waals surface area contributed by atoms with Crippen LogP contribution in [0.15, 0.2) is 49.6 Å². The maximum atomic E-state index is 12.6. The Morgan fingerprint density at radius 2 is 1.75 bits per heavy atom. The molecule has 0 bridgehead atoms. The molecule has 156 valence electrons. The summed E-state index contributed by atoms with van der Waals surface area (Å²) in [5, 5.41) is 7.73. The summed E-state index contributed by atoms with van der Waals surface area (Å²) < 4.78 is 87.1. The van der Waals surface area contributed by atoms with Crippen molar-refractivity contribution in [3.05, 3.63) is 36.3 Å². The maximum Gasteiger partial charge on any atom is 0.296 e. The summed E-state index contributed by atoms with van der Waals surface area (Å²) in [6, 6.07) is 4.55. The zero-order chi connectivity index (χ0) is 21.2. The largest absolute Gasteiger partial charge is 0.467 e. The van der Waals surface area contributed by atoms with Crippen LogP contribution in [0, 0.1) is 0 Å². The molecule has 0 spiro atoms. The summed E-state index contributed by atoms with van der Waals surface area (Å²) >= 11 is 0. The molecule has 0 aliphatic carbocycles. The standard InChI is InChI=1S/C15H20N2O8S3/c1-2-3-7-26(18,19)14-8-12(17-10-11-5-4-6-25-11)13(28(22,23)24)9-15(14)27(16,20)21/h4-6,8-9,17H,2-3,7,10H2,1H3,(H2,16,20,21)(H,22,23,24). The first-order valence-corrected chi connectivity index (χ1v) is 12.7. The van der Waals surface area contributed by atoms with Crippen molar-refractivity contribution < 1.29 is 34.2 Å². The lowest BCUT2D eigenvalue weighted by atomic mass is 10.3. The van der Waals surface area contributed by atoms with Gasteiger partial charge in [-0.05, 0) is 30.7 Å². The average molecular weight is 453 g/mol. The van der Waals surface area contributed by atoms with Crippen molar-refractivity contribution in [3.8, 4) is 0 Å². The fourth-order valence-electron chi connectivity index (χ4n) is 2.40. The van der Waals surface area contributed by atoms with Gasteiger partial charge in [0.05, 0.1) is 29.1 Å². The SMILES string of the molecule is CCCCS(=O)(=O)c1cc(NCc2ccco2)c(S(=O)(=O)O)cc1S(N)(=O)=O. The molecule has 1 aromatic carbocycles. The molecule has 0 unspecified atom stereocenters. The van der Waals surface area contributed by atoms with Gasteiger partial charge in [-0.15, -0.1) is 0 Å². The van der Waals surface area contributed by atoms with Crippen LogP contribution in [0.1, 0.15) is 25.5 Å². The molecular formula is C15H20N2O8S3. The molecular weight excluding hydrogens is 432 g/mol. The predicted molar refractivity (Wildman–Crippen MR) is 101 cm³/mol. The van der Waals surface area contributed by atoms with E-state index in [9.17, 15) is 29.8 Å². The van der Waals surface area contributed by atoms with Gasteiger partial charge in [0.1, 0.15) is 15.6 Å². The van der Waals surface area contributed by atoms with E-state index in [2.05, 4.69) is 5.32 Å². The van der Waals surface area contributed by atoms with E-state index < -0.39 is 44.7 Å². The number of hydrogen-bond donors (Lipinski definition) is 3. The van der Waals surface area contributed by atoms with Crippen LogP contribution < -0.4 is 10.5 Å². The van der Waals surface area contributed by atoms with E-state index in [1.807, 2.05) is 0 Å². The van der Waals surface area contributed by atoms with Crippen molar-refractivity contribution in [2.75, 3.05) is 11.1 Å². The van der Waals surface area contributed by atoms with Crippen molar-refractivity contribution in [3.63, 3.8) is 0 Å². The molecule has 13 heteroatoms. The second kappa shape index (κ2) is 8.21. The minimum Gasteiger partial charge on any atom is -0.467 e. The first-order chi connectivity index (χ1) is 12.9. The Labute approximate surface area is 163 Å². The van der Waals surface area contributed by atoms with E-state index in [-0.39, 0.29) is 24.4 Å². The van der Waals surface area contributed by atoms with Gasteiger partial charge in [0.2, 0.25) is 10.0 Å². The molecule has 0 aliphatic rings. The lowest BCUT2D eigenvalue weighted by Crippen LogP contribution is -2.20. The third kappa shape index (κ3) is 5.32. The first kappa shape index (κ1) is 22.4. The molecule has 28 heavy (non-hydrogen) atoms. The van der Waals surface area contributed by atoms with E-state index in [0.29, 0.717) is 18.2 Å². The van der Waals surface area contributed by atoms with Gasteiger partial charge < -0.3 is 9.73 Å². The third-order valence-corrected chi connectivity index (χ3v) is 7.57. The summed E-state index contributed by atoms with van der Waals surface area (Å²) in [6.45, 7) is 1.71. The lowest BCUT2D eigenvalue weighted by molar-refractivity contribution is 0.482. The predicted octanol–water partition coefficient (Wildman–Crippen LogP) is 1.36. The highest BCUT2D eigenvalue weighted by molar-refractivity contribution is 7.93. The molecule has 0 atom stereocenters. The van der Waals surface area contributed by atoms with Gasteiger partial charge in [-0.2, -0.15) is 8.42 Å². The first-order valence-electron chi connectivity index (χ1n) is 8.03. The van der Waals surface area contributed by atoms with Crippen LogP contribution in [0.5, 0.6) is 0 Å². The van der Waals surface area contributed by atoms with Crippen molar-refractivity contribution in [2.24, 2.45) is 5.14 Å². The summed E-state index contributed by atoms with van der Waals surface area (Å²) in [4.78, 5) is -2.37. The van der Waals surface area contributed by atoms with Crippen molar-refractivity contribution in [1.82, 2.24) is 0 Å². The summed E-state index contributed by atoms with van der Waals surface area (Å²) in [7, 11) is -13.6. The Bertz CT molecular complexity index is 1150. The van der Waals surface area contributed by atoms with E-state index in [0.717, 1.165) is 6.07 Å². The van der Waals surface area contributed by atoms with Gasteiger partial charge in [-0.3, -0.25) is 4.55 Å². The molecule has 2 rings (SSSR count). The number of benzene rings is 1. The highest BCUT2D eigenvalue weighted by atomic mass is 32.2. The molecule has 1 aromatic heterocycles. The van der Waals surface area contributed by atoms with Crippen molar-refractivity contribution in [2.45, 2.75) is 41.0 Å². The van der Waals surface area contributed by atoms with Gasteiger partial charge in [0.15, 0.2) is 9.84 Å². The van der Waals surface area contributed by atoms with Crippen LogP contribution >= 0.6 is 0 Å². The minimum absolute atomic E-state index is 0.0430. The van der Waals surface area contributed by atoms with Gasteiger partial charge in [0.25, 0.3) is 10.1 Å². The number of furan rings is 1. The second-order valence-corrected chi connectivity index (χ2v) is 10.9. The number of nitrogens with one attached hydrogen (secondary N) is 1. The number of sulfonamides is 1. The van der Waals surface area contributed by atoms with Crippen molar-refractivity contribution >= 4 is 35.7 Å². The smallest absolute Gasteiger partial charge is 0.296 e. The third-order valence-electron chi connectivity index (χ3n) is 3.77. The zero-order valence-corrected chi connectivity index (χ0v) is 17.3. The molecule has 0 saturated heterocycles.